The fourth-order valence-electron chi connectivity index (χ4n) is 4.06. The summed E-state index contributed by atoms with van der Waals surface area (Å²) in [4.78, 5) is 11.2. The van der Waals surface area contributed by atoms with Crippen molar-refractivity contribution in [2.75, 3.05) is 20.1 Å². The van der Waals surface area contributed by atoms with Gasteiger partial charge in [0.05, 0.1) is 5.69 Å². The highest BCUT2D eigenvalue weighted by Crippen LogP contribution is 2.47. The molecule has 1 aliphatic heterocycles. The first kappa shape index (κ1) is 17.8. The molecule has 1 saturated carbocycles. The summed E-state index contributed by atoms with van der Waals surface area (Å²) in [7, 11) is 1.88. The predicted octanol–water partition coefficient (Wildman–Crippen LogP) is 3.61. The molecule has 27 heavy (non-hydrogen) atoms. The molecule has 2 fully saturated rings. The van der Waals surface area contributed by atoms with Crippen molar-refractivity contribution >= 4 is 5.96 Å². The number of ether oxygens (including phenoxy) is 1. The number of hydrogen-bond acceptors (Lipinski definition) is 3. The largest absolute Gasteiger partial charge is 0.487 e. The van der Waals surface area contributed by atoms with Crippen LogP contribution < -0.4 is 10.1 Å². The van der Waals surface area contributed by atoms with Crippen LogP contribution in [0.25, 0.3) is 0 Å². The molecule has 2 heterocycles. The van der Waals surface area contributed by atoms with E-state index in [-0.39, 0.29) is 0 Å². The Morgan fingerprint density at radius 1 is 1.19 bits per heavy atom. The van der Waals surface area contributed by atoms with Gasteiger partial charge in [-0.3, -0.25) is 9.98 Å². The number of hydrogen-bond donors (Lipinski definition) is 1. The zero-order valence-electron chi connectivity index (χ0n) is 16.0. The Labute approximate surface area is 161 Å². The molecule has 0 bridgehead atoms. The molecular weight excluding hydrogens is 336 g/mol. The number of guanidine groups is 1. The third kappa shape index (κ3) is 4.24. The molecule has 4 rings (SSSR count). The van der Waals surface area contributed by atoms with Gasteiger partial charge >= 0.3 is 0 Å². The SMILES string of the molecule is CN=C(NCc1ccc(OCc2ccccn2)cc1)N1CCC2(CCC2)C1. The third-order valence-corrected chi connectivity index (χ3v) is 5.85. The average Bonchev–Trinajstić information content (AvgIpc) is 3.15. The van der Waals surface area contributed by atoms with Gasteiger partial charge in [-0.15, -0.1) is 0 Å². The molecule has 0 atom stereocenters. The smallest absolute Gasteiger partial charge is 0.193 e. The number of nitrogens with zero attached hydrogens (tertiary/aromatic N) is 3. The summed E-state index contributed by atoms with van der Waals surface area (Å²) in [6.07, 6.45) is 7.28. The number of rotatable bonds is 5. The van der Waals surface area contributed by atoms with Crippen LogP contribution in [-0.4, -0.2) is 36.0 Å². The fraction of sp³-hybridized carbons (Fsp3) is 0.455. The van der Waals surface area contributed by atoms with Crippen molar-refractivity contribution in [3.05, 3.63) is 59.9 Å². The highest BCUT2D eigenvalue weighted by molar-refractivity contribution is 5.80. The monoisotopic (exact) mass is 364 g/mol. The Morgan fingerprint density at radius 3 is 2.67 bits per heavy atom. The van der Waals surface area contributed by atoms with Crippen molar-refractivity contribution in [1.82, 2.24) is 15.2 Å². The van der Waals surface area contributed by atoms with E-state index in [1.54, 1.807) is 6.20 Å². The lowest BCUT2D eigenvalue weighted by Crippen LogP contribution is -2.42. The molecule has 142 valence electrons. The molecule has 1 spiro atoms. The van der Waals surface area contributed by atoms with E-state index in [4.69, 9.17) is 4.74 Å². The maximum Gasteiger partial charge on any atom is 0.193 e. The van der Waals surface area contributed by atoms with E-state index in [1.807, 2.05) is 37.4 Å². The average molecular weight is 364 g/mol. The van der Waals surface area contributed by atoms with Gasteiger partial charge in [0.15, 0.2) is 5.96 Å². The predicted molar refractivity (Wildman–Crippen MR) is 108 cm³/mol. The van der Waals surface area contributed by atoms with Crippen molar-refractivity contribution in [1.29, 1.82) is 0 Å². The van der Waals surface area contributed by atoms with Crippen molar-refractivity contribution in [2.24, 2.45) is 10.4 Å². The van der Waals surface area contributed by atoms with E-state index in [0.29, 0.717) is 12.0 Å². The number of pyridine rings is 1. The maximum atomic E-state index is 5.80. The second-order valence-corrected chi connectivity index (χ2v) is 7.68. The van der Waals surface area contributed by atoms with Crippen LogP contribution in [0.1, 0.15) is 36.9 Å². The van der Waals surface area contributed by atoms with Crippen LogP contribution in [0.5, 0.6) is 5.75 Å². The molecule has 1 aromatic carbocycles. The van der Waals surface area contributed by atoms with Crippen molar-refractivity contribution < 1.29 is 4.74 Å². The van der Waals surface area contributed by atoms with Crippen LogP contribution in [0.4, 0.5) is 0 Å². The third-order valence-electron chi connectivity index (χ3n) is 5.85. The highest BCUT2D eigenvalue weighted by atomic mass is 16.5. The summed E-state index contributed by atoms with van der Waals surface area (Å²) < 4.78 is 5.80. The lowest BCUT2D eigenvalue weighted by atomic mass is 9.68. The van der Waals surface area contributed by atoms with Gasteiger partial charge < -0.3 is 15.0 Å². The lowest BCUT2D eigenvalue weighted by Gasteiger charge is -2.38. The molecule has 0 radical (unpaired) electrons. The summed E-state index contributed by atoms with van der Waals surface area (Å²) in [5.74, 6) is 1.88. The summed E-state index contributed by atoms with van der Waals surface area (Å²) in [5.41, 5.74) is 2.74. The minimum Gasteiger partial charge on any atom is -0.487 e. The summed E-state index contributed by atoms with van der Waals surface area (Å²) in [6.45, 7) is 3.55. The molecule has 1 aliphatic carbocycles. The summed E-state index contributed by atoms with van der Waals surface area (Å²) in [6, 6.07) is 14.1. The molecular formula is C22H28N4O. The number of aliphatic imine (C=N–C) groups is 1. The van der Waals surface area contributed by atoms with E-state index < -0.39 is 0 Å². The van der Waals surface area contributed by atoms with E-state index in [2.05, 4.69) is 32.3 Å². The van der Waals surface area contributed by atoms with Gasteiger partial charge in [-0.05, 0) is 54.5 Å². The molecule has 5 heteroatoms. The van der Waals surface area contributed by atoms with Crippen LogP contribution in [0.3, 0.4) is 0 Å². The van der Waals surface area contributed by atoms with Crippen LogP contribution in [0, 0.1) is 5.41 Å². The number of likely N-dealkylation sites (tertiary alicyclic amines) is 1. The van der Waals surface area contributed by atoms with Gasteiger partial charge in [-0.2, -0.15) is 0 Å². The first-order valence-electron chi connectivity index (χ1n) is 9.84. The molecule has 0 unspecified atom stereocenters. The topological polar surface area (TPSA) is 49.8 Å². The molecule has 1 N–H and O–H groups in total. The van der Waals surface area contributed by atoms with Crippen LogP contribution in [0.15, 0.2) is 53.7 Å². The Morgan fingerprint density at radius 2 is 2.04 bits per heavy atom. The van der Waals surface area contributed by atoms with E-state index >= 15 is 0 Å². The summed E-state index contributed by atoms with van der Waals surface area (Å²) in [5, 5.41) is 3.52. The maximum absolute atomic E-state index is 5.80. The van der Waals surface area contributed by atoms with Crippen LogP contribution in [0.2, 0.25) is 0 Å². The van der Waals surface area contributed by atoms with Gasteiger partial charge in [0, 0.05) is 32.9 Å². The van der Waals surface area contributed by atoms with E-state index in [9.17, 15) is 0 Å². The Kier molecular flexibility index (Phi) is 5.28. The molecule has 5 nitrogen and oxygen atoms in total. The minimum atomic E-state index is 0.488. The Hall–Kier alpha value is -2.56. The first-order valence-corrected chi connectivity index (χ1v) is 9.84. The highest BCUT2D eigenvalue weighted by Gasteiger charge is 2.43. The van der Waals surface area contributed by atoms with E-state index in [0.717, 1.165) is 37.0 Å². The molecule has 0 amide bonds. The van der Waals surface area contributed by atoms with Crippen LogP contribution >= 0.6 is 0 Å². The van der Waals surface area contributed by atoms with Crippen molar-refractivity contribution in [3.63, 3.8) is 0 Å². The van der Waals surface area contributed by atoms with Gasteiger partial charge in [0.2, 0.25) is 0 Å². The zero-order valence-corrected chi connectivity index (χ0v) is 16.0. The quantitative estimate of drug-likeness (QED) is 0.650. The fourth-order valence-corrected chi connectivity index (χ4v) is 4.06. The molecule has 1 aromatic heterocycles. The number of aromatic nitrogens is 1. The second kappa shape index (κ2) is 7.99. The van der Waals surface area contributed by atoms with Gasteiger partial charge in [0.25, 0.3) is 0 Å². The van der Waals surface area contributed by atoms with Gasteiger partial charge in [-0.25, -0.2) is 0 Å². The molecule has 2 aromatic rings. The van der Waals surface area contributed by atoms with Crippen molar-refractivity contribution in [2.45, 2.75) is 38.8 Å². The number of benzene rings is 1. The second-order valence-electron chi connectivity index (χ2n) is 7.68. The van der Waals surface area contributed by atoms with E-state index in [1.165, 1.54) is 31.2 Å². The molecule has 2 aliphatic rings. The Bertz CT molecular complexity index is 769. The first-order chi connectivity index (χ1) is 13.3. The molecule has 1 saturated heterocycles. The zero-order chi connectivity index (χ0) is 18.5. The van der Waals surface area contributed by atoms with Gasteiger partial charge in [0.1, 0.15) is 12.4 Å². The van der Waals surface area contributed by atoms with Crippen molar-refractivity contribution in [3.8, 4) is 5.75 Å². The summed E-state index contributed by atoms with van der Waals surface area (Å²) >= 11 is 0. The minimum absolute atomic E-state index is 0.488. The lowest BCUT2D eigenvalue weighted by molar-refractivity contribution is 0.151. The van der Waals surface area contributed by atoms with Crippen LogP contribution in [-0.2, 0) is 13.2 Å². The standard InChI is InChI=1S/C22H28N4O/c1-23-21(26-14-12-22(17-26)10-4-11-22)25-15-18-6-8-20(9-7-18)27-16-19-5-2-3-13-24-19/h2-3,5-9,13H,4,10-12,14-17H2,1H3,(H,23,25). The number of nitrogens with one attached hydrogen (secondary N) is 1. The normalized spacial score (nSPS) is 18.4. The Balaban J connectivity index is 1.26. The van der Waals surface area contributed by atoms with Gasteiger partial charge in [-0.1, -0.05) is 24.6 Å².